The van der Waals surface area contributed by atoms with E-state index in [9.17, 15) is 9.59 Å². The first-order valence-corrected chi connectivity index (χ1v) is 6.84. The number of hydrogen-bond acceptors (Lipinski definition) is 2. The lowest BCUT2D eigenvalue weighted by Gasteiger charge is -2.35. The van der Waals surface area contributed by atoms with E-state index in [1.807, 2.05) is 0 Å². The van der Waals surface area contributed by atoms with Gasteiger partial charge in [-0.25, -0.2) is 0 Å². The summed E-state index contributed by atoms with van der Waals surface area (Å²) in [5.74, 6) is 1.46. The van der Waals surface area contributed by atoms with Crippen molar-refractivity contribution in [2.45, 2.75) is 57.0 Å². The zero-order chi connectivity index (χ0) is 11.8. The van der Waals surface area contributed by atoms with Crippen LogP contribution in [-0.2, 0) is 9.59 Å². The summed E-state index contributed by atoms with van der Waals surface area (Å²) in [5, 5.41) is 5.93. The fraction of sp³-hybridized carbons (Fsp3) is 0.846. The molecular weight excluding hydrogens is 216 g/mol. The summed E-state index contributed by atoms with van der Waals surface area (Å²) in [6.45, 7) is 0. The molecule has 2 N–H and O–H groups in total. The molecule has 0 aromatic heterocycles. The lowest BCUT2D eigenvalue weighted by Crippen LogP contribution is -2.50. The van der Waals surface area contributed by atoms with Crippen LogP contribution in [0.5, 0.6) is 0 Å². The van der Waals surface area contributed by atoms with E-state index in [-0.39, 0.29) is 17.9 Å². The summed E-state index contributed by atoms with van der Waals surface area (Å²) in [5.41, 5.74) is 0. The van der Waals surface area contributed by atoms with Gasteiger partial charge in [-0.15, -0.1) is 0 Å². The fourth-order valence-corrected chi connectivity index (χ4v) is 2.95. The molecule has 2 saturated carbocycles. The minimum atomic E-state index is -0.274. The summed E-state index contributed by atoms with van der Waals surface area (Å²) in [6.07, 6.45) is 7.51. The molecular formula is C13H20N2O2. The first-order chi connectivity index (χ1) is 8.24. The van der Waals surface area contributed by atoms with E-state index in [0.29, 0.717) is 30.7 Å². The maximum Gasteiger partial charge on any atom is 0.242 e. The Balaban J connectivity index is 1.56. The van der Waals surface area contributed by atoms with Gasteiger partial charge >= 0.3 is 0 Å². The van der Waals surface area contributed by atoms with Gasteiger partial charge in [0.1, 0.15) is 6.04 Å². The molecule has 94 valence electrons. The molecule has 3 fully saturated rings. The molecule has 17 heavy (non-hydrogen) atoms. The Morgan fingerprint density at radius 3 is 2.35 bits per heavy atom. The van der Waals surface area contributed by atoms with E-state index < -0.39 is 0 Å². The second-order valence-corrected chi connectivity index (χ2v) is 5.72. The van der Waals surface area contributed by atoms with E-state index in [2.05, 4.69) is 10.6 Å². The maximum absolute atomic E-state index is 12.1. The molecule has 0 bridgehead atoms. The topological polar surface area (TPSA) is 58.2 Å². The highest BCUT2D eigenvalue weighted by atomic mass is 16.2. The van der Waals surface area contributed by atoms with Crippen LogP contribution in [0.1, 0.15) is 44.9 Å². The molecule has 3 aliphatic rings. The highest BCUT2D eigenvalue weighted by Gasteiger charge is 2.41. The summed E-state index contributed by atoms with van der Waals surface area (Å²) in [6, 6.07) is 0.109. The first-order valence-electron chi connectivity index (χ1n) is 6.84. The van der Waals surface area contributed by atoms with Crippen molar-refractivity contribution in [3.63, 3.8) is 0 Å². The van der Waals surface area contributed by atoms with Crippen molar-refractivity contribution in [3.8, 4) is 0 Å². The van der Waals surface area contributed by atoms with Crippen LogP contribution in [0.2, 0.25) is 0 Å². The van der Waals surface area contributed by atoms with Gasteiger partial charge < -0.3 is 10.6 Å². The lowest BCUT2D eigenvalue weighted by molar-refractivity contribution is -0.126. The summed E-state index contributed by atoms with van der Waals surface area (Å²) in [7, 11) is 0. The Labute approximate surface area is 102 Å². The molecule has 1 unspecified atom stereocenters. The molecule has 2 atom stereocenters. The Bertz CT molecular complexity index is 334. The molecule has 4 heteroatoms. The maximum atomic E-state index is 12.1. The van der Waals surface area contributed by atoms with Crippen LogP contribution >= 0.6 is 0 Å². The Morgan fingerprint density at radius 2 is 1.88 bits per heavy atom. The molecule has 0 aromatic rings. The number of carbonyl (C=O) groups is 2. The Kier molecular flexibility index (Phi) is 2.81. The van der Waals surface area contributed by atoms with Gasteiger partial charge in [-0.05, 0) is 43.9 Å². The quantitative estimate of drug-likeness (QED) is 0.764. The number of carbonyl (C=O) groups excluding carboxylic acids is 2. The average molecular weight is 236 g/mol. The van der Waals surface area contributed by atoms with Gasteiger partial charge in [0.25, 0.3) is 0 Å². The van der Waals surface area contributed by atoms with Crippen LogP contribution in [-0.4, -0.2) is 23.9 Å². The second-order valence-electron chi connectivity index (χ2n) is 5.72. The molecule has 2 aliphatic carbocycles. The summed E-state index contributed by atoms with van der Waals surface area (Å²) < 4.78 is 0. The predicted octanol–water partition coefficient (Wildman–Crippen LogP) is 0.960. The van der Waals surface area contributed by atoms with Crippen LogP contribution in [0.25, 0.3) is 0 Å². The summed E-state index contributed by atoms with van der Waals surface area (Å²) >= 11 is 0. The summed E-state index contributed by atoms with van der Waals surface area (Å²) in [4.78, 5) is 23.2. The smallest absolute Gasteiger partial charge is 0.242 e. The van der Waals surface area contributed by atoms with Gasteiger partial charge in [0.15, 0.2) is 0 Å². The SMILES string of the molecule is O=C1CC[C@H](C(=O)NC(C2CCC2)C2CC2)N1. The normalized spacial score (nSPS) is 30.6. The number of amides is 2. The van der Waals surface area contributed by atoms with E-state index in [0.717, 1.165) is 0 Å². The fourth-order valence-electron chi connectivity index (χ4n) is 2.95. The van der Waals surface area contributed by atoms with Gasteiger partial charge in [0.05, 0.1) is 0 Å². The average Bonchev–Trinajstić information content (AvgIpc) is 2.97. The zero-order valence-corrected chi connectivity index (χ0v) is 10.1. The lowest BCUT2D eigenvalue weighted by atomic mass is 9.78. The third-order valence-corrected chi connectivity index (χ3v) is 4.41. The van der Waals surface area contributed by atoms with Crippen LogP contribution in [0.15, 0.2) is 0 Å². The van der Waals surface area contributed by atoms with Crippen LogP contribution in [0, 0.1) is 11.8 Å². The van der Waals surface area contributed by atoms with Crippen molar-refractivity contribution in [1.82, 2.24) is 10.6 Å². The first kappa shape index (κ1) is 11.1. The van der Waals surface area contributed by atoms with Crippen molar-refractivity contribution >= 4 is 11.8 Å². The van der Waals surface area contributed by atoms with Gasteiger partial charge in [-0.3, -0.25) is 9.59 Å². The van der Waals surface area contributed by atoms with E-state index in [1.165, 1.54) is 32.1 Å². The Morgan fingerprint density at radius 1 is 1.18 bits per heavy atom. The van der Waals surface area contributed by atoms with Crippen molar-refractivity contribution < 1.29 is 9.59 Å². The number of rotatable bonds is 4. The standard InChI is InChI=1S/C13H20N2O2/c16-11-7-6-10(14-11)13(17)15-12(9-4-5-9)8-2-1-3-8/h8-10,12H,1-7H2,(H,14,16)(H,15,17)/t10-,12?/m1/s1. The third-order valence-electron chi connectivity index (χ3n) is 4.41. The van der Waals surface area contributed by atoms with E-state index in [4.69, 9.17) is 0 Å². The minimum absolute atomic E-state index is 0.0109. The molecule has 0 aromatic carbocycles. The van der Waals surface area contributed by atoms with Gasteiger partial charge in [0, 0.05) is 12.5 Å². The molecule has 1 saturated heterocycles. The van der Waals surface area contributed by atoms with Crippen molar-refractivity contribution in [2.75, 3.05) is 0 Å². The molecule has 1 aliphatic heterocycles. The molecule has 3 rings (SSSR count). The number of nitrogens with one attached hydrogen (secondary N) is 2. The van der Waals surface area contributed by atoms with Crippen LogP contribution < -0.4 is 10.6 Å². The van der Waals surface area contributed by atoms with E-state index >= 15 is 0 Å². The molecule has 4 nitrogen and oxygen atoms in total. The van der Waals surface area contributed by atoms with Gasteiger partial charge in [-0.2, -0.15) is 0 Å². The van der Waals surface area contributed by atoms with E-state index in [1.54, 1.807) is 0 Å². The van der Waals surface area contributed by atoms with Crippen molar-refractivity contribution in [2.24, 2.45) is 11.8 Å². The molecule has 0 spiro atoms. The Hall–Kier alpha value is -1.06. The highest BCUT2D eigenvalue weighted by molar-refractivity contribution is 5.90. The number of hydrogen-bond donors (Lipinski definition) is 2. The molecule has 0 radical (unpaired) electrons. The van der Waals surface area contributed by atoms with Crippen molar-refractivity contribution in [3.05, 3.63) is 0 Å². The molecule has 1 heterocycles. The largest absolute Gasteiger partial charge is 0.351 e. The third kappa shape index (κ3) is 2.31. The highest BCUT2D eigenvalue weighted by Crippen LogP contribution is 2.42. The minimum Gasteiger partial charge on any atom is -0.351 e. The van der Waals surface area contributed by atoms with Gasteiger partial charge in [-0.1, -0.05) is 6.42 Å². The van der Waals surface area contributed by atoms with Crippen LogP contribution in [0.4, 0.5) is 0 Å². The predicted molar refractivity (Wildman–Crippen MR) is 63.2 cm³/mol. The van der Waals surface area contributed by atoms with Crippen molar-refractivity contribution in [1.29, 1.82) is 0 Å². The second kappa shape index (κ2) is 4.31. The van der Waals surface area contributed by atoms with Gasteiger partial charge in [0.2, 0.25) is 11.8 Å². The zero-order valence-electron chi connectivity index (χ0n) is 10.1. The molecule has 2 amide bonds. The monoisotopic (exact) mass is 236 g/mol. The van der Waals surface area contributed by atoms with Crippen LogP contribution in [0.3, 0.4) is 0 Å².